The van der Waals surface area contributed by atoms with Crippen molar-refractivity contribution < 1.29 is 13.9 Å². The topological polar surface area (TPSA) is 91.1 Å². The highest BCUT2D eigenvalue weighted by molar-refractivity contribution is 5.78. The summed E-state index contributed by atoms with van der Waals surface area (Å²) in [5.74, 6) is 0.238. The van der Waals surface area contributed by atoms with Crippen LogP contribution < -0.4 is 10.4 Å². The number of aromatic amines is 2. The second kappa shape index (κ2) is 7.29. The second-order valence-electron chi connectivity index (χ2n) is 5.89. The number of carbonyl (C=O) groups excluding carboxylic acids is 1. The number of H-pyrrole nitrogens is 2. The smallest absolute Gasteiger partial charge is 0.340 e. The van der Waals surface area contributed by atoms with Gasteiger partial charge in [0.25, 0.3) is 0 Å². The molecule has 128 valence electrons. The van der Waals surface area contributed by atoms with E-state index in [0.717, 1.165) is 12.8 Å². The number of amides is 1. The molecule has 1 aromatic carbocycles. The Hall–Kier alpha value is -2.64. The van der Waals surface area contributed by atoms with Gasteiger partial charge in [-0.15, -0.1) is 0 Å². The van der Waals surface area contributed by atoms with Crippen molar-refractivity contribution in [2.45, 2.75) is 19.3 Å². The summed E-state index contributed by atoms with van der Waals surface area (Å²) in [4.78, 5) is 27.5. The number of nitrogens with zero attached hydrogens (tertiary/aromatic N) is 2. The summed E-state index contributed by atoms with van der Waals surface area (Å²) in [7, 11) is 0. The zero-order chi connectivity index (χ0) is 16.9. The highest BCUT2D eigenvalue weighted by Crippen LogP contribution is 2.21. The third-order valence-electron chi connectivity index (χ3n) is 4.05. The Bertz CT molecular complexity index is 758. The first-order valence-electron chi connectivity index (χ1n) is 7.90. The zero-order valence-electron chi connectivity index (χ0n) is 13.1. The van der Waals surface area contributed by atoms with E-state index in [1.165, 1.54) is 6.07 Å². The van der Waals surface area contributed by atoms with Gasteiger partial charge in [-0.1, -0.05) is 12.1 Å². The molecule has 2 heterocycles. The van der Waals surface area contributed by atoms with Crippen LogP contribution in [0.1, 0.15) is 18.7 Å². The van der Waals surface area contributed by atoms with Crippen LogP contribution in [-0.4, -0.2) is 45.7 Å². The van der Waals surface area contributed by atoms with Gasteiger partial charge >= 0.3 is 5.69 Å². The Morgan fingerprint density at radius 3 is 3.00 bits per heavy atom. The molecule has 24 heavy (non-hydrogen) atoms. The number of para-hydroxylation sites is 1. The van der Waals surface area contributed by atoms with Gasteiger partial charge in [-0.25, -0.2) is 14.3 Å². The molecule has 0 bridgehead atoms. The summed E-state index contributed by atoms with van der Waals surface area (Å²) in [6, 6.07) is 6.29. The van der Waals surface area contributed by atoms with Crippen LogP contribution in [0.2, 0.25) is 0 Å². The molecule has 2 aromatic rings. The molecule has 0 radical (unpaired) electrons. The Balaban J connectivity index is 1.53. The first-order valence-corrected chi connectivity index (χ1v) is 7.90. The van der Waals surface area contributed by atoms with E-state index < -0.39 is 5.69 Å². The molecule has 1 atom stereocenters. The largest absolute Gasteiger partial charge is 0.490 e. The molecule has 1 saturated heterocycles. The molecule has 1 fully saturated rings. The van der Waals surface area contributed by atoms with Gasteiger partial charge in [-0.3, -0.25) is 9.78 Å². The van der Waals surface area contributed by atoms with Crippen LogP contribution in [0.15, 0.2) is 29.1 Å². The number of aromatic nitrogens is 3. The lowest BCUT2D eigenvalue weighted by atomic mass is 9.98. The SMILES string of the molecule is O=C(Cc1n[nH]c(=O)[nH]1)N1CCC[C@H](COc2ccccc2F)C1. The van der Waals surface area contributed by atoms with Crippen LogP contribution in [-0.2, 0) is 11.2 Å². The summed E-state index contributed by atoms with van der Waals surface area (Å²) in [6.07, 6.45) is 1.85. The molecule has 0 aliphatic carbocycles. The van der Waals surface area contributed by atoms with Gasteiger partial charge in [0.1, 0.15) is 5.82 Å². The summed E-state index contributed by atoms with van der Waals surface area (Å²) >= 11 is 0. The fourth-order valence-corrected chi connectivity index (χ4v) is 2.84. The summed E-state index contributed by atoms with van der Waals surface area (Å²) in [5.41, 5.74) is -0.424. The van der Waals surface area contributed by atoms with Gasteiger partial charge in [0.05, 0.1) is 13.0 Å². The fourth-order valence-electron chi connectivity index (χ4n) is 2.84. The molecule has 0 saturated carbocycles. The Morgan fingerprint density at radius 2 is 2.25 bits per heavy atom. The van der Waals surface area contributed by atoms with Crippen molar-refractivity contribution in [3.8, 4) is 5.75 Å². The van der Waals surface area contributed by atoms with Crippen LogP contribution in [0.25, 0.3) is 0 Å². The van der Waals surface area contributed by atoms with Gasteiger partial charge in [0, 0.05) is 19.0 Å². The average Bonchev–Trinajstić information content (AvgIpc) is 2.99. The lowest BCUT2D eigenvalue weighted by Crippen LogP contribution is -2.42. The van der Waals surface area contributed by atoms with E-state index in [0.29, 0.717) is 25.5 Å². The number of nitrogens with one attached hydrogen (secondary N) is 2. The minimum absolute atomic E-state index is 0.0552. The summed E-state index contributed by atoms with van der Waals surface area (Å²) in [6.45, 7) is 1.59. The molecule has 0 spiro atoms. The predicted molar refractivity (Wildman–Crippen MR) is 84.1 cm³/mol. The van der Waals surface area contributed by atoms with Crippen LogP contribution in [0.3, 0.4) is 0 Å². The maximum absolute atomic E-state index is 13.6. The monoisotopic (exact) mass is 334 g/mol. The molecule has 2 N–H and O–H groups in total. The molecular formula is C16H19FN4O3. The molecule has 0 unspecified atom stereocenters. The Kier molecular flexibility index (Phi) is 4.93. The number of carbonyl (C=O) groups is 1. The molecule has 1 amide bonds. The van der Waals surface area contributed by atoms with Gasteiger partial charge in [-0.2, -0.15) is 5.10 Å². The molecule has 1 aliphatic heterocycles. The van der Waals surface area contributed by atoms with E-state index in [9.17, 15) is 14.0 Å². The van der Waals surface area contributed by atoms with E-state index in [2.05, 4.69) is 15.2 Å². The average molecular weight is 334 g/mol. The maximum atomic E-state index is 13.6. The van der Waals surface area contributed by atoms with Gasteiger partial charge in [-0.05, 0) is 25.0 Å². The van der Waals surface area contributed by atoms with Crippen LogP contribution in [0, 0.1) is 11.7 Å². The Morgan fingerprint density at radius 1 is 1.42 bits per heavy atom. The predicted octanol–water partition coefficient (Wildman–Crippen LogP) is 1.10. The number of piperidine rings is 1. The van der Waals surface area contributed by atoms with Crippen molar-refractivity contribution in [3.05, 3.63) is 46.4 Å². The van der Waals surface area contributed by atoms with E-state index in [4.69, 9.17) is 4.74 Å². The number of hydrogen-bond donors (Lipinski definition) is 2. The van der Waals surface area contributed by atoms with Crippen molar-refractivity contribution in [1.29, 1.82) is 0 Å². The van der Waals surface area contributed by atoms with Crippen molar-refractivity contribution in [1.82, 2.24) is 20.1 Å². The van der Waals surface area contributed by atoms with Gasteiger partial charge in [0.15, 0.2) is 11.6 Å². The van der Waals surface area contributed by atoms with E-state index in [1.54, 1.807) is 23.1 Å². The normalized spacial score (nSPS) is 17.7. The highest BCUT2D eigenvalue weighted by Gasteiger charge is 2.25. The van der Waals surface area contributed by atoms with E-state index in [-0.39, 0.29) is 29.8 Å². The van der Waals surface area contributed by atoms with Crippen molar-refractivity contribution in [3.63, 3.8) is 0 Å². The van der Waals surface area contributed by atoms with Gasteiger partial charge < -0.3 is 9.64 Å². The summed E-state index contributed by atoms with van der Waals surface area (Å²) < 4.78 is 19.1. The van der Waals surface area contributed by atoms with Crippen LogP contribution >= 0.6 is 0 Å². The first-order chi connectivity index (χ1) is 11.6. The zero-order valence-corrected chi connectivity index (χ0v) is 13.1. The number of halogens is 1. The second-order valence-corrected chi connectivity index (χ2v) is 5.89. The fraction of sp³-hybridized carbons (Fsp3) is 0.438. The minimum Gasteiger partial charge on any atom is -0.490 e. The number of rotatable bonds is 5. The number of ether oxygens (including phenoxy) is 1. The number of hydrogen-bond acceptors (Lipinski definition) is 4. The third-order valence-corrected chi connectivity index (χ3v) is 4.05. The lowest BCUT2D eigenvalue weighted by molar-refractivity contribution is -0.132. The van der Waals surface area contributed by atoms with Crippen molar-refractivity contribution in [2.24, 2.45) is 5.92 Å². The number of likely N-dealkylation sites (tertiary alicyclic amines) is 1. The van der Waals surface area contributed by atoms with Crippen molar-refractivity contribution >= 4 is 5.91 Å². The molecule has 1 aromatic heterocycles. The summed E-state index contributed by atoms with van der Waals surface area (Å²) in [5, 5.41) is 5.99. The Labute approximate surface area is 137 Å². The van der Waals surface area contributed by atoms with Gasteiger partial charge in [0.2, 0.25) is 5.91 Å². The third kappa shape index (κ3) is 4.01. The molecule has 1 aliphatic rings. The van der Waals surface area contributed by atoms with Crippen LogP contribution in [0.4, 0.5) is 4.39 Å². The standard InChI is InChI=1S/C16H19FN4O3/c17-12-5-1-2-6-13(12)24-10-11-4-3-7-21(9-11)15(22)8-14-18-16(23)20-19-14/h1-2,5-6,11H,3-4,7-10H2,(H2,18,19,20,23)/t11-/m0/s1. The van der Waals surface area contributed by atoms with Crippen LogP contribution in [0.5, 0.6) is 5.75 Å². The molecule has 3 rings (SSSR count). The highest BCUT2D eigenvalue weighted by atomic mass is 19.1. The first kappa shape index (κ1) is 16.2. The lowest BCUT2D eigenvalue weighted by Gasteiger charge is -2.32. The number of benzene rings is 1. The molecular weight excluding hydrogens is 315 g/mol. The van der Waals surface area contributed by atoms with E-state index in [1.807, 2.05) is 0 Å². The maximum Gasteiger partial charge on any atom is 0.340 e. The van der Waals surface area contributed by atoms with E-state index >= 15 is 0 Å². The molecule has 7 nitrogen and oxygen atoms in total. The minimum atomic E-state index is -0.424. The van der Waals surface area contributed by atoms with Crippen molar-refractivity contribution in [2.75, 3.05) is 19.7 Å². The molecule has 8 heteroatoms. The quantitative estimate of drug-likeness (QED) is 0.856.